The van der Waals surface area contributed by atoms with Gasteiger partial charge in [0.2, 0.25) is 0 Å². The standard InChI is InChI=1S/C28H31N3O3S/c1-3-4-10-19-34-25-14-9-8-13-24(25)27(33)31-28(35)30-23-17-15-22(16-18-23)26(32)29-20(2)21-11-6-5-7-12-21/h5-9,11-18,20H,3-4,10,19H2,1-2H3,(H,29,32)(H2,30,31,33,35). The number of para-hydroxylation sites is 1. The first-order chi connectivity index (χ1) is 17.0. The maximum Gasteiger partial charge on any atom is 0.261 e. The minimum Gasteiger partial charge on any atom is -0.493 e. The highest BCUT2D eigenvalue weighted by molar-refractivity contribution is 7.80. The molecule has 0 aliphatic heterocycles. The van der Waals surface area contributed by atoms with Crippen LogP contribution in [0.4, 0.5) is 5.69 Å². The number of thiocarbonyl (C=S) groups is 1. The minimum absolute atomic E-state index is 0.109. The van der Waals surface area contributed by atoms with E-state index >= 15 is 0 Å². The lowest BCUT2D eigenvalue weighted by Gasteiger charge is -2.15. The highest BCUT2D eigenvalue weighted by atomic mass is 32.1. The van der Waals surface area contributed by atoms with Gasteiger partial charge in [0, 0.05) is 11.3 Å². The fraction of sp³-hybridized carbons (Fsp3) is 0.250. The molecule has 0 saturated heterocycles. The summed E-state index contributed by atoms with van der Waals surface area (Å²) in [5.74, 6) is 0.0165. The molecule has 0 aliphatic carbocycles. The molecular weight excluding hydrogens is 458 g/mol. The molecule has 1 atom stereocenters. The summed E-state index contributed by atoms with van der Waals surface area (Å²) in [5, 5.41) is 8.82. The monoisotopic (exact) mass is 489 g/mol. The lowest BCUT2D eigenvalue weighted by atomic mass is 10.1. The lowest BCUT2D eigenvalue weighted by Crippen LogP contribution is -2.34. The molecular formula is C28H31N3O3S. The second kappa shape index (κ2) is 13.2. The molecule has 0 saturated carbocycles. The zero-order valence-corrected chi connectivity index (χ0v) is 20.9. The third-order valence-electron chi connectivity index (χ3n) is 5.42. The normalized spacial score (nSPS) is 11.3. The van der Waals surface area contributed by atoms with Gasteiger partial charge in [-0.05, 0) is 67.5 Å². The van der Waals surface area contributed by atoms with Crippen molar-refractivity contribution in [3.05, 3.63) is 95.6 Å². The maximum atomic E-state index is 12.7. The Hall–Kier alpha value is -3.71. The maximum absolute atomic E-state index is 12.7. The number of nitrogens with one attached hydrogen (secondary N) is 3. The SMILES string of the molecule is CCCCCOc1ccccc1C(=O)NC(=S)Nc1ccc(C(=O)NC(C)c2ccccc2)cc1. The van der Waals surface area contributed by atoms with Crippen molar-refractivity contribution < 1.29 is 14.3 Å². The summed E-state index contributed by atoms with van der Waals surface area (Å²) in [7, 11) is 0. The van der Waals surface area contributed by atoms with Crippen LogP contribution in [0.5, 0.6) is 5.75 Å². The van der Waals surface area contributed by atoms with Crippen molar-refractivity contribution in [2.75, 3.05) is 11.9 Å². The van der Waals surface area contributed by atoms with Crippen LogP contribution in [-0.4, -0.2) is 23.5 Å². The van der Waals surface area contributed by atoms with Crippen molar-refractivity contribution >= 4 is 34.8 Å². The van der Waals surface area contributed by atoms with E-state index in [0.717, 1.165) is 24.8 Å². The summed E-state index contributed by atoms with van der Waals surface area (Å²) in [4.78, 5) is 25.3. The van der Waals surface area contributed by atoms with Crippen LogP contribution < -0.4 is 20.7 Å². The van der Waals surface area contributed by atoms with Gasteiger partial charge in [0.15, 0.2) is 5.11 Å². The van der Waals surface area contributed by atoms with Gasteiger partial charge in [0.05, 0.1) is 18.2 Å². The van der Waals surface area contributed by atoms with Crippen molar-refractivity contribution in [3.63, 3.8) is 0 Å². The molecule has 2 amide bonds. The fourth-order valence-electron chi connectivity index (χ4n) is 3.46. The summed E-state index contributed by atoms with van der Waals surface area (Å²) < 4.78 is 5.79. The molecule has 0 heterocycles. The van der Waals surface area contributed by atoms with E-state index in [-0.39, 0.29) is 23.0 Å². The number of carbonyl (C=O) groups excluding carboxylic acids is 2. The van der Waals surface area contributed by atoms with Crippen LogP contribution in [0.2, 0.25) is 0 Å². The molecule has 3 N–H and O–H groups in total. The van der Waals surface area contributed by atoms with E-state index in [9.17, 15) is 9.59 Å². The number of ether oxygens (including phenoxy) is 1. The molecule has 1 unspecified atom stereocenters. The van der Waals surface area contributed by atoms with Crippen molar-refractivity contribution in [3.8, 4) is 5.75 Å². The van der Waals surface area contributed by atoms with Crippen molar-refractivity contribution in [1.82, 2.24) is 10.6 Å². The summed E-state index contributed by atoms with van der Waals surface area (Å²) in [6.45, 7) is 4.63. The molecule has 6 nitrogen and oxygen atoms in total. The van der Waals surface area contributed by atoms with Crippen LogP contribution in [0.3, 0.4) is 0 Å². The Morgan fingerprint density at radius 3 is 2.29 bits per heavy atom. The Morgan fingerprint density at radius 2 is 1.57 bits per heavy atom. The van der Waals surface area contributed by atoms with E-state index in [1.54, 1.807) is 42.5 Å². The molecule has 0 bridgehead atoms. The van der Waals surface area contributed by atoms with E-state index in [1.165, 1.54) is 0 Å². The van der Waals surface area contributed by atoms with Gasteiger partial charge in [0.25, 0.3) is 11.8 Å². The summed E-state index contributed by atoms with van der Waals surface area (Å²) in [6, 6.07) is 23.7. The van der Waals surface area contributed by atoms with Gasteiger partial charge in [-0.3, -0.25) is 14.9 Å². The molecule has 3 aromatic rings. The van der Waals surface area contributed by atoms with E-state index in [2.05, 4.69) is 22.9 Å². The average Bonchev–Trinajstić information content (AvgIpc) is 2.87. The first kappa shape index (κ1) is 25.9. The molecule has 0 aliphatic rings. The van der Waals surface area contributed by atoms with E-state index < -0.39 is 0 Å². The highest BCUT2D eigenvalue weighted by Crippen LogP contribution is 2.19. The van der Waals surface area contributed by atoms with Gasteiger partial charge in [-0.1, -0.05) is 62.2 Å². The zero-order valence-electron chi connectivity index (χ0n) is 20.0. The van der Waals surface area contributed by atoms with Crippen LogP contribution in [0.25, 0.3) is 0 Å². The van der Waals surface area contributed by atoms with Gasteiger partial charge >= 0.3 is 0 Å². The number of carbonyl (C=O) groups is 2. The molecule has 35 heavy (non-hydrogen) atoms. The van der Waals surface area contributed by atoms with E-state index in [1.807, 2.05) is 43.3 Å². The zero-order chi connectivity index (χ0) is 25.0. The molecule has 3 aromatic carbocycles. The van der Waals surface area contributed by atoms with Crippen molar-refractivity contribution in [2.45, 2.75) is 39.2 Å². The number of amides is 2. The smallest absolute Gasteiger partial charge is 0.261 e. The fourth-order valence-corrected chi connectivity index (χ4v) is 3.67. The first-order valence-electron chi connectivity index (χ1n) is 11.8. The molecule has 0 spiro atoms. The van der Waals surface area contributed by atoms with Crippen LogP contribution in [0.1, 0.15) is 65.4 Å². The van der Waals surface area contributed by atoms with Crippen LogP contribution in [0.15, 0.2) is 78.9 Å². The number of anilines is 1. The van der Waals surface area contributed by atoms with Crippen molar-refractivity contribution in [2.24, 2.45) is 0 Å². The lowest BCUT2D eigenvalue weighted by molar-refractivity contribution is 0.0938. The number of hydrogen-bond acceptors (Lipinski definition) is 4. The van der Waals surface area contributed by atoms with Gasteiger partial charge in [-0.15, -0.1) is 0 Å². The number of benzene rings is 3. The number of rotatable bonds is 10. The molecule has 7 heteroatoms. The number of hydrogen-bond donors (Lipinski definition) is 3. The van der Waals surface area contributed by atoms with Gasteiger partial charge in [0.1, 0.15) is 5.75 Å². The summed E-state index contributed by atoms with van der Waals surface area (Å²) >= 11 is 5.31. The third kappa shape index (κ3) is 7.93. The van der Waals surface area contributed by atoms with Crippen LogP contribution in [-0.2, 0) is 0 Å². The average molecular weight is 490 g/mol. The van der Waals surface area contributed by atoms with Crippen LogP contribution >= 0.6 is 12.2 Å². The Morgan fingerprint density at radius 1 is 0.886 bits per heavy atom. The van der Waals surface area contributed by atoms with Gasteiger partial charge in [-0.2, -0.15) is 0 Å². The molecule has 3 rings (SSSR count). The first-order valence-corrected chi connectivity index (χ1v) is 12.2. The van der Waals surface area contributed by atoms with E-state index in [0.29, 0.717) is 29.2 Å². The Labute approximate surface area is 212 Å². The van der Waals surface area contributed by atoms with Crippen LogP contribution in [0, 0.1) is 0 Å². The van der Waals surface area contributed by atoms with Crippen molar-refractivity contribution in [1.29, 1.82) is 0 Å². The largest absolute Gasteiger partial charge is 0.493 e. The Bertz CT molecular complexity index is 1130. The molecule has 0 aromatic heterocycles. The van der Waals surface area contributed by atoms with E-state index in [4.69, 9.17) is 17.0 Å². The highest BCUT2D eigenvalue weighted by Gasteiger charge is 2.14. The Balaban J connectivity index is 1.53. The second-order valence-corrected chi connectivity index (χ2v) is 8.55. The minimum atomic E-state index is -0.348. The number of unbranched alkanes of at least 4 members (excludes halogenated alkanes) is 2. The topological polar surface area (TPSA) is 79.5 Å². The predicted octanol–water partition coefficient (Wildman–Crippen LogP) is 5.87. The van der Waals surface area contributed by atoms with Gasteiger partial charge < -0.3 is 15.4 Å². The second-order valence-electron chi connectivity index (χ2n) is 8.14. The molecule has 0 radical (unpaired) electrons. The molecule has 0 fully saturated rings. The quantitative estimate of drug-likeness (QED) is 0.245. The van der Waals surface area contributed by atoms with Gasteiger partial charge in [-0.25, -0.2) is 0 Å². The summed E-state index contributed by atoms with van der Waals surface area (Å²) in [5.41, 5.74) is 2.65. The predicted molar refractivity (Wildman–Crippen MR) is 144 cm³/mol. The Kier molecular flexibility index (Phi) is 9.80. The third-order valence-corrected chi connectivity index (χ3v) is 5.62. The molecule has 182 valence electrons. The summed E-state index contributed by atoms with van der Waals surface area (Å²) in [6.07, 6.45) is 3.12.